The first-order valence-electron chi connectivity index (χ1n) is 4.26. The van der Waals surface area contributed by atoms with Crippen LogP contribution in [-0.4, -0.2) is 4.98 Å². The summed E-state index contributed by atoms with van der Waals surface area (Å²) in [7, 11) is 0. The highest BCUT2D eigenvalue weighted by atomic mass is 14.7. The molecular weight excluding hydrogens is 158 g/mol. The van der Waals surface area contributed by atoms with E-state index in [0.717, 1.165) is 16.8 Å². The molecule has 63 valence electrons. The minimum atomic E-state index is 0.917. The molecule has 0 saturated carbocycles. The molecule has 1 heteroatoms. The van der Waals surface area contributed by atoms with Gasteiger partial charge in [0.1, 0.15) is 0 Å². The van der Waals surface area contributed by atoms with E-state index in [4.69, 9.17) is 0 Å². The van der Waals surface area contributed by atoms with Gasteiger partial charge in [0.25, 0.3) is 0 Å². The normalized spacial score (nSPS) is 9.92. The molecule has 2 aromatic rings. The molecule has 1 aromatic carbocycles. The zero-order valence-corrected chi connectivity index (χ0v) is 7.49. The highest BCUT2D eigenvalue weighted by Gasteiger charge is 1.97. The quantitative estimate of drug-likeness (QED) is 0.638. The molecule has 1 nitrogen and oxygen atoms in total. The maximum absolute atomic E-state index is 4.25. The maximum atomic E-state index is 4.25. The molecule has 0 unspecified atom stereocenters. The lowest BCUT2D eigenvalue weighted by atomic mass is 10.1. The monoisotopic (exact) mass is 168 g/mol. The Morgan fingerprint density at radius 3 is 2.54 bits per heavy atom. The number of nitrogens with zero attached hydrogens (tertiary/aromatic N) is 1. The smallest absolute Gasteiger partial charge is 0.0783 e. The highest BCUT2D eigenvalue weighted by molar-refractivity contribution is 5.58. The van der Waals surface area contributed by atoms with Crippen molar-refractivity contribution < 1.29 is 0 Å². The Morgan fingerprint density at radius 2 is 1.85 bits per heavy atom. The van der Waals surface area contributed by atoms with Crippen molar-refractivity contribution >= 4 is 0 Å². The first-order valence-corrected chi connectivity index (χ1v) is 4.26. The van der Waals surface area contributed by atoms with Gasteiger partial charge in [-0.2, -0.15) is 0 Å². The Bertz CT molecular complexity index is 393. The van der Waals surface area contributed by atoms with Crippen molar-refractivity contribution in [1.29, 1.82) is 0 Å². The van der Waals surface area contributed by atoms with Crippen LogP contribution in [-0.2, 0) is 0 Å². The summed E-state index contributed by atoms with van der Waals surface area (Å²) in [5.41, 5.74) is 3.15. The Hall–Kier alpha value is -1.63. The lowest BCUT2D eigenvalue weighted by Gasteiger charge is -1.99. The fourth-order valence-corrected chi connectivity index (χ4v) is 1.23. The molecule has 0 amide bonds. The van der Waals surface area contributed by atoms with Gasteiger partial charge in [0.05, 0.1) is 5.69 Å². The summed E-state index contributed by atoms with van der Waals surface area (Å²) in [4.78, 5) is 4.25. The zero-order valence-electron chi connectivity index (χ0n) is 7.49. The van der Waals surface area contributed by atoms with Crippen LogP contribution in [0.2, 0.25) is 0 Å². The van der Waals surface area contributed by atoms with E-state index in [1.807, 2.05) is 49.5 Å². The predicted molar refractivity (Wildman–Crippen MR) is 53.2 cm³/mol. The number of benzene rings is 1. The van der Waals surface area contributed by atoms with E-state index in [9.17, 15) is 0 Å². The third-order valence-corrected chi connectivity index (χ3v) is 1.89. The van der Waals surface area contributed by atoms with Gasteiger partial charge in [-0.3, -0.25) is 4.98 Å². The van der Waals surface area contributed by atoms with E-state index >= 15 is 0 Å². The van der Waals surface area contributed by atoms with Crippen LogP contribution in [0.15, 0.2) is 42.6 Å². The maximum Gasteiger partial charge on any atom is 0.0783 e. The molecule has 1 radical (unpaired) electrons. The van der Waals surface area contributed by atoms with E-state index in [-0.39, 0.29) is 0 Å². The van der Waals surface area contributed by atoms with Gasteiger partial charge in [0.2, 0.25) is 0 Å². The summed E-state index contributed by atoms with van der Waals surface area (Å²) < 4.78 is 0. The number of aromatic nitrogens is 1. The van der Waals surface area contributed by atoms with Crippen molar-refractivity contribution in [2.24, 2.45) is 0 Å². The highest BCUT2D eigenvalue weighted by Crippen LogP contribution is 2.15. The second-order valence-electron chi connectivity index (χ2n) is 2.97. The molecular formula is C12H10N. The van der Waals surface area contributed by atoms with Crippen LogP contribution in [0.1, 0.15) is 5.56 Å². The number of hydrogen-bond donors (Lipinski definition) is 0. The second kappa shape index (κ2) is 3.40. The third kappa shape index (κ3) is 1.75. The van der Waals surface area contributed by atoms with Gasteiger partial charge in [-0.1, -0.05) is 30.3 Å². The SMILES string of the molecule is Cc1[c]c(-c2ccccc2)ncc1. The molecule has 0 atom stereocenters. The van der Waals surface area contributed by atoms with Crippen LogP contribution in [0, 0.1) is 13.0 Å². The molecule has 1 aromatic heterocycles. The Labute approximate surface area is 78.1 Å². The fraction of sp³-hybridized carbons (Fsp3) is 0.0833. The fourth-order valence-electron chi connectivity index (χ4n) is 1.23. The molecule has 13 heavy (non-hydrogen) atoms. The number of aryl methyl sites for hydroxylation is 1. The summed E-state index contributed by atoms with van der Waals surface area (Å²) >= 11 is 0. The van der Waals surface area contributed by atoms with Crippen molar-refractivity contribution in [3.63, 3.8) is 0 Å². The summed E-state index contributed by atoms with van der Waals surface area (Å²) in [5, 5.41) is 0. The molecule has 0 aliphatic carbocycles. The second-order valence-corrected chi connectivity index (χ2v) is 2.97. The summed E-state index contributed by atoms with van der Waals surface area (Å²) in [6, 6.07) is 15.3. The largest absolute Gasteiger partial charge is 0.256 e. The summed E-state index contributed by atoms with van der Waals surface area (Å²) in [5.74, 6) is 0. The van der Waals surface area contributed by atoms with Crippen LogP contribution < -0.4 is 0 Å². The van der Waals surface area contributed by atoms with Crippen LogP contribution >= 0.6 is 0 Å². The Balaban J connectivity index is 2.48. The van der Waals surface area contributed by atoms with Crippen molar-refractivity contribution in [2.45, 2.75) is 6.92 Å². The lowest BCUT2D eigenvalue weighted by molar-refractivity contribution is 1.28. The first kappa shape index (κ1) is 7.99. The van der Waals surface area contributed by atoms with Crippen LogP contribution in [0.3, 0.4) is 0 Å². The van der Waals surface area contributed by atoms with Gasteiger partial charge in [0, 0.05) is 17.8 Å². The molecule has 0 spiro atoms. The molecule has 0 aliphatic heterocycles. The van der Waals surface area contributed by atoms with Gasteiger partial charge in [-0.05, 0) is 18.6 Å². The molecule has 0 saturated heterocycles. The first-order chi connectivity index (χ1) is 6.36. The number of hydrogen-bond acceptors (Lipinski definition) is 1. The van der Waals surface area contributed by atoms with Gasteiger partial charge in [-0.25, -0.2) is 0 Å². The van der Waals surface area contributed by atoms with E-state index in [2.05, 4.69) is 11.1 Å². The average molecular weight is 168 g/mol. The summed E-state index contributed by atoms with van der Waals surface area (Å²) in [6.07, 6.45) is 1.81. The standard InChI is InChI=1S/C12H10N/c1-10-7-8-13-12(9-10)11-5-3-2-4-6-11/h2-8H,1H3. The van der Waals surface area contributed by atoms with E-state index in [1.54, 1.807) is 0 Å². The van der Waals surface area contributed by atoms with E-state index < -0.39 is 0 Å². The average Bonchev–Trinajstić information content (AvgIpc) is 2.19. The molecule has 2 rings (SSSR count). The van der Waals surface area contributed by atoms with Gasteiger partial charge < -0.3 is 0 Å². The van der Waals surface area contributed by atoms with Crippen molar-refractivity contribution in [3.8, 4) is 11.3 Å². The molecule has 0 N–H and O–H groups in total. The predicted octanol–water partition coefficient (Wildman–Crippen LogP) is 2.86. The van der Waals surface area contributed by atoms with Crippen LogP contribution in [0.4, 0.5) is 0 Å². The molecule has 0 aliphatic rings. The lowest BCUT2D eigenvalue weighted by Crippen LogP contribution is -1.83. The molecule has 0 fully saturated rings. The van der Waals surface area contributed by atoms with Gasteiger partial charge in [-0.15, -0.1) is 0 Å². The van der Waals surface area contributed by atoms with E-state index in [0.29, 0.717) is 0 Å². The number of rotatable bonds is 1. The minimum absolute atomic E-state index is 0.917. The number of pyridine rings is 1. The minimum Gasteiger partial charge on any atom is -0.256 e. The van der Waals surface area contributed by atoms with Gasteiger partial charge >= 0.3 is 0 Å². The molecule has 0 bridgehead atoms. The Morgan fingerprint density at radius 1 is 1.08 bits per heavy atom. The Kier molecular flexibility index (Phi) is 2.09. The van der Waals surface area contributed by atoms with Crippen LogP contribution in [0.25, 0.3) is 11.3 Å². The van der Waals surface area contributed by atoms with E-state index in [1.165, 1.54) is 0 Å². The van der Waals surface area contributed by atoms with Crippen LogP contribution in [0.5, 0.6) is 0 Å². The third-order valence-electron chi connectivity index (χ3n) is 1.89. The van der Waals surface area contributed by atoms with Crippen molar-refractivity contribution in [2.75, 3.05) is 0 Å². The molecule has 1 heterocycles. The van der Waals surface area contributed by atoms with Gasteiger partial charge in [0.15, 0.2) is 0 Å². The van der Waals surface area contributed by atoms with Crippen molar-refractivity contribution in [3.05, 3.63) is 54.2 Å². The van der Waals surface area contributed by atoms with Crippen molar-refractivity contribution in [1.82, 2.24) is 4.98 Å². The summed E-state index contributed by atoms with van der Waals surface area (Å²) in [6.45, 7) is 2.02. The zero-order chi connectivity index (χ0) is 9.10. The topological polar surface area (TPSA) is 12.9 Å².